The van der Waals surface area contributed by atoms with Gasteiger partial charge in [0.1, 0.15) is 17.7 Å². The molecule has 7 nitrogen and oxygen atoms in total. The van der Waals surface area contributed by atoms with Crippen LogP contribution in [0, 0.1) is 17.2 Å². The van der Waals surface area contributed by atoms with Crippen LogP contribution < -0.4 is 9.80 Å². The van der Waals surface area contributed by atoms with Crippen molar-refractivity contribution in [1.29, 1.82) is 5.26 Å². The lowest BCUT2D eigenvalue weighted by molar-refractivity contribution is -0.138. The number of nitrogens with zero attached hydrogens (tertiary/aromatic N) is 6. The first-order valence-electron chi connectivity index (χ1n) is 11.1. The normalized spacial score (nSPS) is 17.9. The minimum atomic E-state index is -4.50. The Morgan fingerprint density at radius 1 is 1.06 bits per heavy atom. The molecule has 2 aliphatic heterocycles. The summed E-state index contributed by atoms with van der Waals surface area (Å²) in [6.07, 6.45) is -0.106. The number of pyridine rings is 2. The molecule has 4 rings (SSSR count). The third-order valence-corrected chi connectivity index (χ3v) is 6.59. The summed E-state index contributed by atoms with van der Waals surface area (Å²) in [5.74, 6) is 0.901. The molecular formula is C23H24ClF3N6O. The van der Waals surface area contributed by atoms with Gasteiger partial charge in [0.15, 0.2) is 0 Å². The van der Waals surface area contributed by atoms with Gasteiger partial charge >= 0.3 is 6.18 Å². The van der Waals surface area contributed by atoms with Crippen LogP contribution in [0.1, 0.15) is 30.4 Å². The molecule has 4 heterocycles. The summed E-state index contributed by atoms with van der Waals surface area (Å²) in [5.41, 5.74) is -0.362. The molecule has 0 N–H and O–H groups in total. The molecule has 2 aliphatic rings. The minimum Gasteiger partial charge on any atom is -0.355 e. The first-order valence-corrected chi connectivity index (χ1v) is 11.5. The van der Waals surface area contributed by atoms with Crippen LogP contribution in [0.3, 0.4) is 0 Å². The fourth-order valence-electron chi connectivity index (χ4n) is 4.50. The van der Waals surface area contributed by atoms with E-state index in [2.05, 4.69) is 16.0 Å². The number of piperidine rings is 1. The number of hydrogen-bond acceptors (Lipinski definition) is 6. The van der Waals surface area contributed by atoms with Gasteiger partial charge in [-0.25, -0.2) is 9.97 Å². The molecule has 34 heavy (non-hydrogen) atoms. The monoisotopic (exact) mass is 492 g/mol. The highest BCUT2D eigenvalue weighted by atomic mass is 35.5. The van der Waals surface area contributed by atoms with Crippen LogP contribution in [-0.2, 0) is 11.0 Å². The van der Waals surface area contributed by atoms with Crippen molar-refractivity contribution in [3.05, 3.63) is 46.7 Å². The van der Waals surface area contributed by atoms with Crippen LogP contribution >= 0.6 is 11.6 Å². The molecule has 1 amide bonds. The number of rotatable bonds is 3. The van der Waals surface area contributed by atoms with Gasteiger partial charge in [-0.1, -0.05) is 11.6 Å². The number of carbonyl (C=O) groups is 1. The van der Waals surface area contributed by atoms with Crippen molar-refractivity contribution in [2.24, 2.45) is 5.92 Å². The Morgan fingerprint density at radius 3 is 2.47 bits per heavy atom. The van der Waals surface area contributed by atoms with Crippen LogP contribution in [-0.4, -0.2) is 60.0 Å². The second-order valence-corrected chi connectivity index (χ2v) is 8.85. The van der Waals surface area contributed by atoms with Crippen molar-refractivity contribution in [2.75, 3.05) is 49.1 Å². The van der Waals surface area contributed by atoms with Crippen molar-refractivity contribution >= 4 is 29.1 Å². The second kappa shape index (κ2) is 10.1. The van der Waals surface area contributed by atoms with Crippen molar-refractivity contribution in [1.82, 2.24) is 14.9 Å². The maximum absolute atomic E-state index is 13.2. The van der Waals surface area contributed by atoms with Crippen molar-refractivity contribution < 1.29 is 18.0 Å². The fraction of sp³-hybridized carbons (Fsp3) is 0.478. The lowest BCUT2D eigenvalue weighted by Crippen LogP contribution is -2.44. The van der Waals surface area contributed by atoms with E-state index in [0.29, 0.717) is 69.3 Å². The van der Waals surface area contributed by atoms with E-state index < -0.39 is 11.7 Å². The van der Waals surface area contributed by atoms with E-state index in [1.165, 1.54) is 0 Å². The number of aromatic nitrogens is 2. The van der Waals surface area contributed by atoms with Gasteiger partial charge in [-0.2, -0.15) is 18.4 Å². The van der Waals surface area contributed by atoms with Gasteiger partial charge in [0.2, 0.25) is 5.91 Å². The third-order valence-electron chi connectivity index (χ3n) is 6.31. The molecule has 0 radical (unpaired) electrons. The Hall–Kier alpha value is -3.06. The molecule has 0 aliphatic carbocycles. The number of halogens is 4. The highest BCUT2D eigenvalue weighted by Crippen LogP contribution is 2.35. The smallest absolute Gasteiger partial charge is 0.355 e. The van der Waals surface area contributed by atoms with E-state index in [1.54, 1.807) is 18.3 Å². The lowest BCUT2D eigenvalue weighted by Gasteiger charge is -2.35. The van der Waals surface area contributed by atoms with E-state index >= 15 is 0 Å². The highest BCUT2D eigenvalue weighted by Gasteiger charge is 2.34. The van der Waals surface area contributed by atoms with E-state index in [0.717, 1.165) is 18.7 Å². The minimum absolute atomic E-state index is 0.0431. The fourth-order valence-corrected chi connectivity index (χ4v) is 4.79. The summed E-state index contributed by atoms with van der Waals surface area (Å²) in [7, 11) is 0. The third kappa shape index (κ3) is 5.20. The quantitative estimate of drug-likeness (QED) is 0.645. The summed E-state index contributed by atoms with van der Waals surface area (Å²) in [5, 5.41) is 9.31. The van der Waals surface area contributed by atoms with Crippen molar-refractivity contribution in [3.8, 4) is 6.07 Å². The average molecular weight is 493 g/mol. The molecule has 0 aromatic carbocycles. The summed E-state index contributed by atoms with van der Waals surface area (Å²) >= 11 is 6.08. The molecule has 0 spiro atoms. The summed E-state index contributed by atoms with van der Waals surface area (Å²) in [6.45, 7) is 3.48. The summed E-state index contributed by atoms with van der Waals surface area (Å²) in [4.78, 5) is 27.2. The zero-order chi connectivity index (χ0) is 24.3. The molecule has 2 fully saturated rings. The average Bonchev–Trinajstić information content (AvgIpc) is 3.09. The van der Waals surface area contributed by atoms with Crippen molar-refractivity contribution in [3.63, 3.8) is 0 Å². The standard InChI is InChI=1S/C23H24ClF3N6O/c24-19-13-18(23(25,26)27)15-30-21(19)32-9-4-16(5-10-32)22(34)33-8-2-7-31(11-12-33)20-17(14-28)3-1-6-29-20/h1,3,6,13,15-16H,2,4-5,7-12H2. The molecule has 0 unspecified atom stereocenters. The molecule has 2 aromatic heterocycles. The van der Waals surface area contributed by atoms with Crippen molar-refractivity contribution in [2.45, 2.75) is 25.4 Å². The topological polar surface area (TPSA) is 76.4 Å². The second-order valence-electron chi connectivity index (χ2n) is 8.44. The van der Waals surface area contributed by atoms with Crippen LogP contribution in [0.4, 0.5) is 24.8 Å². The van der Waals surface area contributed by atoms with Gasteiger partial charge in [0, 0.05) is 57.6 Å². The van der Waals surface area contributed by atoms with Crippen LogP contribution in [0.5, 0.6) is 0 Å². The first kappa shape index (κ1) is 24.1. The molecule has 2 aromatic rings. The number of anilines is 2. The predicted octanol–water partition coefficient (Wildman–Crippen LogP) is 3.98. The van der Waals surface area contributed by atoms with Gasteiger partial charge in [0.05, 0.1) is 16.1 Å². The molecule has 180 valence electrons. The molecular weight excluding hydrogens is 469 g/mol. The Bertz CT molecular complexity index is 1080. The largest absolute Gasteiger partial charge is 0.417 e. The molecule has 0 atom stereocenters. The predicted molar refractivity (Wildman–Crippen MR) is 122 cm³/mol. The van der Waals surface area contributed by atoms with Crippen LogP contribution in [0.2, 0.25) is 5.02 Å². The van der Waals surface area contributed by atoms with Crippen LogP contribution in [0.25, 0.3) is 0 Å². The van der Waals surface area contributed by atoms with Gasteiger partial charge in [-0.15, -0.1) is 0 Å². The maximum Gasteiger partial charge on any atom is 0.417 e. The maximum atomic E-state index is 13.2. The first-order chi connectivity index (χ1) is 16.3. The number of alkyl halides is 3. The Labute approximate surface area is 200 Å². The molecule has 11 heteroatoms. The summed E-state index contributed by atoms with van der Waals surface area (Å²) < 4.78 is 38.6. The van der Waals surface area contributed by atoms with E-state index in [1.807, 2.05) is 14.7 Å². The number of hydrogen-bond donors (Lipinski definition) is 0. The number of carbonyl (C=O) groups excluding carboxylic acids is 1. The molecule has 0 bridgehead atoms. The number of amides is 1. The van der Waals surface area contributed by atoms with Crippen LogP contribution in [0.15, 0.2) is 30.6 Å². The Kier molecular flexibility index (Phi) is 7.12. The summed E-state index contributed by atoms with van der Waals surface area (Å²) in [6, 6.07) is 6.53. The zero-order valence-corrected chi connectivity index (χ0v) is 19.2. The van der Waals surface area contributed by atoms with Gasteiger partial charge in [-0.05, 0) is 37.5 Å². The van der Waals surface area contributed by atoms with Gasteiger partial charge < -0.3 is 14.7 Å². The zero-order valence-electron chi connectivity index (χ0n) is 18.4. The van der Waals surface area contributed by atoms with E-state index in [4.69, 9.17) is 11.6 Å². The lowest BCUT2D eigenvalue weighted by atomic mass is 9.95. The van der Waals surface area contributed by atoms with E-state index in [9.17, 15) is 23.2 Å². The highest BCUT2D eigenvalue weighted by molar-refractivity contribution is 6.33. The van der Waals surface area contributed by atoms with Gasteiger partial charge in [0.25, 0.3) is 0 Å². The SMILES string of the molecule is N#Cc1cccnc1N1CCCN(C(=O)C2CCN(c3ncc(C(F)(F)F)cc3Cl)CC2)CC1. The number of nitriles is 1. The Morgan fingerprint density at radius 2 is 1.79 bits per heavy atom. The molecule has 2 saturated heterocycles. The molecule has 0 saturated carbocycles. The Balaban J connectivity index is 1.34. The van der Waals surface area contributed by atoms with Gasteiger partial charge in [-0.3, -0.25) is 4.79 Å². The van der Waals surface area contributed by atoms with E-state index in [-0.39, 0.29) is 16.8 Å².